The van der Waals surface area contributed by atoms with Crippen LogP contribution in [-0.2, 0) is 4.79 Å². The van der Waals surface area contributed by atoms with Crippen molar-refractivity contribution in [3.8, 4) is 0 Å². The maximum atomic E-state index is 10.5. The molecule has 1 nitrogen and oxygen atoms in total. The second-order valence-electron chi connectivity index (χ2n) is 1.68. The van der Waals surface area contributed by atoms with Crippen molar-refractivity contribution in [3.05, 3.63) is 0 Å². The van der Waals surface area contributed by atoms with Crippen LogP contribution in [0.2, 0.25) is 0 Å². The first-order valence-electron chi connectivity index (χ1n) is 2.89. The van der Waals surface area contributed by atoms with Crippen LogP contribution in [0, 0.1) is 0 Å². The minimum atomic E-state index is 0.365. The average molecular weight is 179 g/mol. The van der Waals surface area contributed by atoms with Gasteiger partial charge in [0, 0.05) is 18.2 Å². The third kappa shape index (κ3) is 4.31. The van der Waals surface area contributed by atoms with Crippen LogP contribution in [0.15, 0.2) is 0 Å². The van der Waals surface area contributed by atoms with Crippen LogP contribution in [-0.4, -0.2) is 11.1 Å². The van der Waals surface area contributed by atoms with Crippen LogP contribution in [0.4, 0.5) is 0 Å². The van der Waals surface area contributed by atoms with E-state index in [4.69, 9.17) is 0 Å². The molecule has 0 aliphatic rings. The van der Waals surface area contributed by atoms with Gasteiger partial charge in [-0.3, -0.25) is 4.79 Å². The molecule has 0 fully saturated rings. The van der Waals surface area contributed by atoms with Gasteiger partial charge in [-0.15, -0.1) is 0 Å². The van der Waals surface area contributed by atoms with Crippen molar-refractivity contribution >= 4 is 21.7 Å². The summed E-state index contributed by atoms with van der Waals surface area (Å²) in [6.45, 7) is 1.90. The lowest BCUT2D eigenvalue weighted by Crippen LogP contribution is -1.93. The van der Waals surface area contributed by atoms with Crippen LogP contribution >= 0.6 is 15.9 Å². The van der Waals surface area contributed by atoms with Gasteiger partial charge in [0.1, 0.15) is 5.78 Å². The maximum absolute atomic E-state index is 10.5. The van der Waals surface area contributed by atoms with Gasteiger partial charge in [-0.05, 0) is 6.42 Å². The van der Waals surface area contributed by atoms with Gasteiger partial charge < -0.3 is 0 Å². The summed E-state index contributed by atoms with van der Waals surface area (Å²) in [6.07, 6.45) is 2.40. The summed E-state index contributed by atoms with van der Waals surface area (Å²) < 4.78 is 0. The highest BCUT2D eigenvalue weighted by molar-refractivity contribution is 9.09. The molecule has 0 spiro atoms. The number of halogens is 1. The number of Topliss-reactive ketones (excluding diaryl/α,β-unsaturated/α-hetero) is 1. The largest absolute Gasteiger partial charge is 0.300 e. The third-order valence-corrected chi connectivity index (χ3v) is 1.54. The second kappa shape index (κ2) is 5.29. The predicted octanol–water partition coefficient (Wildman–Crippen LogP) is 2.14. The zero-order valence-corrected chi connectivity index (χ0v) is 6.70. The van der Waals surface area contributed by atoms with Gasteiger partial charge in [0.2, 0.25) is 0 Å². The minimum Gasteiger partial charge on any atom is -0.300 e. The topological polar surface area (TPSA) is 17.1 Å². The Balaban J connectivity index is 2.99. The van der Waals surface area contributed by atoms with Crippen molar-refractivity contribution in [2.45, 2.75) is 26.2 Å². The molecule has 8 heavy (non-hydrogen) atoms. The first-order valence-corrected chi connectivity index (χ1v) is 4.01. The summed E-state index contributed by atoms with van der Waals surface area (Å²) in [5.41, 5.74) is 0. The van der Waals surface area contributed by atoms with Crippen LogP contribution in [0.3, 0.4) is 0 Å². The number of hydrogen-bond acceptors (Lipinski definition) is 1. The summed E-state index contributed by atoms with van der Waals surface area (Å²) in [7, 11) is 0. The summed E-state index contributed by atoms with van der Waals surface area (Å²) in [4.78, 5) is 10.5. The molecule has 0 atom stereocenters. The van der Waals surface area contributed by atoms with Crippen molar-refractivity contribution in [2.24, 2.45) is 0 Å². The smallest absolute Gasteiger partial charge is 0.132 e. The summed E-state index contributed by atoms with van der Waals surface area (Å²) >= 11 is 3.25. The monoisotopic (exact) mass is 178 g/mol. The molecule has 0 saturated carbocycles. The summed E-state index contributed by atoms with van der Waals surface area (Å²) in [6, 6.07) is 0. The standard InChI is InChI=1S/C6H11BrO/c1-2-6(8)4-3-5-7/h2-5H2,1H3. The van der Waals surface area contributed by atoms with E-state index in [0.717, 1.165) is 18.2 Å². The van der Waals surface area contributed by atoms with Gasteiger partial charge in [-0.2, -0.15) is 0 Å². The van der Waals surface area contributed by atoms with Gasteiger partial charge in [0.25, 0.3) is 0 Å². The van der Waals surface area contributed by atoms with Crippen LogP contribution < -0.4 is 0 Å². The second-order valence-corrected chi connectivity index (χ2v) is 2.48. The lowest BCUT2D eigenvalue weighted by Gasteiger charge is -1.90. The number of ketones is 1. The lowest BCUT2D eigenvalue weighted by atomic mass is 10.2. The quantitative estimate of drug-likeness (QED) is 0.604. The molecule has 0 heterocycles. The van der Waals surface area contributed by atoms with Crippen molar-refractivity contribution in [1.29, 1.82) is 0 Å². The Morgan fingerprint density at radius 3 is 2.62 bits per heavy atom. The molecule has 0 saturated heterocycles. The van der Waals surface area contributed by atoms with Gasteiger partial charge in [0.05, 0.1) is 0 Å². The first-order chi connectivity index (χ1) is 3.81. The maximum Gasteiger partial charge on any atom is 0.132 e. The fraction of sp³-hybridized carbons (Fsp3) is 0.833. The fourth-order valence-electron chi connectivity index (χ4n) is 0.441. The van der Waals surface area contributed by atoms with E-state index in [0.29, 0.717) is 12.2 Å². The molecule has 0 aliphatic carbocycles. The number of hydrogen-bond donors (Lipinski definition) is 0. The van der Waals surface area contributed by atoms with Gasteiger partial charge >= 0.3 is 0 Å². The van der Waals surface area contributed by atoms with E-state index < -0.39 is 0 Å². The van der Waals surface area contributed by atoms with E-state index in [2.05, 4.69) is 15.9 Å². The van der Waals surface area contributed by atoms with E-state index in [1.54, 1.807) is 0 Å². The molecule has 0 rings (SSSR count). The highest BCUT2D eigenvalue weighted by atomic mass is 79.9. The number of rotatable bonds is 4. The Labute approximate surface area is 58.6 Å². The highest BCUT2D eigenvalue weighted by Gasteiger charge is 1.94. The van der Waals surface area contributed by atoms with E-state index in [1.165, 1.54) is 0 Å². The van der Waals surface area contributed by atoms with Crippen molar-refractivity contribution in [1.82, 2.24) is 0 Å². The molecular weight excluding hydrogens is 168 g/mol. The molecule has 0 aliphatic heterocycles. The Morgan fingerprint density at radius 2 is 2.25 bits per heavy atom. The van der Waals surface area contributed by atoms with Crippen LogP contribution in [0.1, 0.15) is 26.2 Å². The van der Waals surface area contributed by atoms with Crippen molar-refractivity contribution < 1.29 is 4.79 Å². The Bertz CT molecular complexity index is 70.9. The molecule has 0 aromatic carbocycles. The van der Waals surface area contributed by atoms with Crippen molar-refractivity contribution in [2.75, 3.05) is 5.33 Å². The van der Waals surface area contributed by atoms with E-state index >= 15 is 0 Å². The Morgan fingerprint density at radius 1 is 1.62 bits per heavy atom. The van der Waals surface area contributed by atoms with Crippen LogP contribution in [0.5, 0.6) is 0 Å². The zero-order chi connectivity index (χ0) is 6.41. The highest BCUT2D eigenvalue weighted by Crippen LogP contribution is 1.96. The Hall–Kier alpha value is 0.150. The van der Waals surface area contributed by atoms with E-state index in [9.17, 15) is 4.79 Å². The van der Waals surface area contributed by atoms with E-state index in [-0.39, 0.29) is 0 Å². The number of carbonyl (C=O) groups is 1. The number of alkyl halides is 1. The molecule has 0 N–H and O–H groups in total. The molecule has 0 aromatic heterocycles. The molecule has 0 amide bonds. The molecule has 0 unspecified atom stereocenters. The molecular formula is C6H11BrO. The summed E-state index contributed by atoms with van der Waals surface area (Å²) in [5, 5.41) is 0.943. The normalized spacial score (nSPS) is 9.25. The molecule has 48 valence electrons. The summed E-state index contributed by atoms with van der Waals surface area (Å²) in [5.74, 6) is 0.365. The molecule has 0 radical (unpaired) electrons. The third-order valence-electron chi connectivity index (χ3n) is 0.984. The SMILES string of the molecule is CCC(=O)CCCBr. The predicted molar refractivity (Wildman–Crippen MR) is 38.3 cm³/mol. The molecule has 2 heteroatoms. The average Bonchev–Trinajstić information content (AvgIpc) is 1.83. The zero-order valence-electron chi connectivity index (χ0n) is 5.11. The van der Waals surface area contributed by atoms with Crippen LogP contribution in [0.25, 0.3) is 0 Å². The lowest BCUT2D eigenvalue weighted by molar-refractivity contribution is -0.118. The van der Waals surface area contributed by atoms with E-state index in [1.807, 2.05) is 6.92 Å². The Kier molecular flexibility index (Phi) is 5.39. The minimum absolute atomic E-state index is 0.365. The van der Waals surface area contributed by atoms with Gasteiger partial charge in [-0.1, -0.05) is 22.9 Å². The first kappa shape index (κ1) is 8.15. The molecule has 0 bridgehead atoms. The molecule has 0 aromatic rings. The van der Waals surface area contributed by atoms with Gasteiger partial charge in [0.15, 0.2) is 0 Å². The number of carbonyl (C=O) groups excluding carboxylic acids is 1. The van der Waals surface area contributed by atoms with Gasteiger partial charge in [-0.25, -0.2) is 0 Å². The fourth-order valence-corrected chi connectivity index (χ4v) is 0.721. The van der Waals surface area contributed by atoms with Crippen molar-refractivity contribution in [3.63, 3.8) is 0 Å².